The Balaban J connectivity index is 0. The summed E-state index contributed by atoms with van der Waals surface area (Å²) >= 11 is 0. The van der Waals surface area contributed by atoms with Crippen molar-refractivity contribution in [3.63, 3.8) is 0 Å². The summed E-state index contributed by atoms with van der Waals surface area (Å²) in [6, 6.07) is 6.80. The standard InChI is InChI=1S/C8H12NO3S2.2Na/c1-6(13-14(10,11)12)7-2-4-8(9)5-3-7;;/h2-6,13H,9H2,1H3,(H,10,11,12);;/q-1;2*+1/p-1. The van der Waals surface area contributed by atoms with Gasteiger partial charge in [-0.2, -0.15) is 0 Å². The summed E-state index contributed by atoms with van der Waals surface area (Å²) in [5.41, 5.74) is 6.88. The van der Waals surface area contributed by atoms with Crippen LogP contribution >= 0.6 is 0 Å². The fourth-order valence-corrected chi connectivity index (χ4v) is 3.24. The van der Waals surface area contributed by atoms with Crippen molar-refractivity contribution in [2.75, 3.05) is 5.73 Å². The molecule has 2 N–H and O–H groups in total. The SMILES string of the molecule is CC([SH-]S(=O)(=O)[O-])c1ccc(N)cc1.[Na+].[Na+]. The van der Waals surface area contributed by atoms with Crippen LogP contribution in [0.2, 0.25) is 0 Å². The summed E-state index contributed by atoms with van der Waals surface area (Å²) < 4.78 is 31.5. The van der Waals surface area contributed by atoms with E-state index in [1.54, 1.807) is 31.2 Å². The molecule has 0 heterocycles. The largest absolute Gasteiger partial charge is 1.00 e. The van der Waals surface area contributed by atoms with Crippen LogP contribution in [0.5, 0.6) is 0 Å². The van der Waals surface area contributed by atoms with Gasteiger partial charge in [-0.1, -0.05) is 29.9 Å². The molecule has 80 valence electrons. The minimum atomic E-state index is -4.19. The molecule has 0 bridgehead atoms. The zero-order valence-corrected chi connectivity index (χ0v) is 15.3. The van der Waals surface area contributed by atoms with Crippen molar-refractivity contribution in [1.82, 2.24) is 0 Å². The Morgan fingerprint density at radius 1 is 1.25 bits per heavy atom. The van der Waals surface area contributed by atoms with E-state index in [1.807, 2.05) is 0 Å². The van der Waals surface area contributed by atoms with E-state index in [2.05, 4.69) is 0 Å². The Morgan fingerprint density at radius 3 is 2.06 bits per heavy atom. The average molecular weight is 279 g/mol. The molecule has 0 aliphatic heterocycles. The number of hydrogen-bond acceptors (Lipinski definition) is 5. The van der Waals surface area contributed by atoms with E-state index in [-0.39, 0.29) is 75.2 Å². The van der Waals surface area contributed by atoms with Crippen molar-refractivity contribution in [1.29, 1.82) is 0 Å². The summed E-state index contributed by atoms with van der Waals surface area (Å²) in [7, 11) is -4.31. The smallest absolute Gasteiger partial charge is 0.766 e. The average Bonchev–Trinajstić information content (AvgIpc) is 2.02. The fourth-order valence-electron chi connectivity index (χ4n) is 1.03. The molecule has 0 aliphatic carbocycles. The van der Waals surface area contributed by atoms with Crippen molar-refractivity contribution >= 4 is 25.6 Å². The molecule has 4 nitrogen and oxygen atoms in total. The number of rotatable bonds is 3. The van der Waals surface area contributed by atoms with E-state index < -0.39 is 9.15 Å². The molecular weight excluding hydrogens is 268 g/mol. The number of thiol groups is 1. The third-order valence-corrected chi connectivity index (χ3v) is 4.30. The quantitative estimate of drug-likeness (QED) is 0.149. The van der Waals surface area contributed by atoms with Crippen molar-refractivity contribution in [3.8, 4) is 0 Å². The van der Waals surface area contributed by atoms with Crippen molar-refractivity contribution in [3.05, 3.63) is 29.8 Å². The molecule has 0 fully saturated rings. The number of nitrogen functional groups attached to an aromatic ring is 1. The van der Waals surface area contributed by atoms with E-state index in [0.717, 1.165) is 5.56 Å². The van der Waals surface area contributed by atoms with Crippen LogP contribution < -0.4 is 64.8 Å². The third-order valence-electron chi connectivity index (χ3n) is 1.71. The number of hydrogen-bond donors (Lipinski definition) is 1. The molecule has 0 aliphatic rings. The predicted molar refractivity (Wildman–Crippen MR) is 57.7 cm³/mol. The maximum atomic E-state index is 10.5. The molecule has 8 heteroatoms. The van der Waals surface area contributed by atoms with Gasteiger partial charge in [-0.05, 0) is 12.1 Å². The Kier molecular flexibility index (Phi) is 10.3. The summed E-state index contributed by atoms with van der Waals surface area (Å²) in [4.78, 5) is 0. The Bertz CT molecular complexity index is 408. The van der Waals surface area contributed by atoms with E-state index >= 15 is 0 Å². The predicted octanol–water partition coefficient (Wildman–Crippen LogP) is -5.39. The number of benzene rings is 1. The second-order valence-corrected chi connectivity index (χ2v) is 6.69. The van der Waals surface area contributed by atoms with Gasteiger partial charge >= 0.3 is 59.1 Å². The van der Waals surface area contributed by atoms with E-state index in [0.29, 0.717) is 5.69 Å². The third kappa shape index (κ3) is 7.58. The summed E-state index contributed by atoms with van der Waals surface area (Å²) in [6.07, 6.45) is 0. The summed E-state index contributed by atoms with van der Waals surface area (Å²) in [6.45, 7) is 1.68. The van der Waals surface area contributed by atoms with Crippen LogP contribution in [-0.4, -0.2) is 13.0 Å². The topological polar surface area (TPSA) is 83.2 Å². The van der Waals surface area contributed by atoms with Gasteiger partial charge in [0.15, 0.2) is 0 Å². The zero-order valence-electron chi connectivity index (χ0n) is 9.54. The molecule has 0 saturated carbocycles. The van der Waals surface area contributed by atoms with Gasteiger partial charge in [0.2, 0.25) is 0 Å². The van der Waals surface area contributed by atoms with Gasteiger partial charge in [0.25, 0.3) is 0 Å². The monoisotopic (exact) mass is 279 g/mol. The van der Waals surface area contributed by atoms with Crippen LogP contribution in [0.15, 0.2) is 24.3 Å². The van der Waals surface area contributed by atoms with E-state index in [4.69, 9.17) is 5.73 Å². The first-order valence-corrected chi connectivity index (χ1v) is 6.89. The Hall–Kier alpha value is 1.28. The van der Waals surface area contributed by atoms with Gasteiger partial charge in [0.1, 0.15) is 0 Å². The second-order valence-electron chi connectivity index (χ2n) is 2.88. The molecule has 0 spiro atoms. The Labute approximate surface area is 143 Å². The van der Waals surface area contributed by atoms with Gasteiger partial charge in [0, 0.05) is 14.8 Å². The zero-order chi connectivity index (χ0) is 10.8. The molecule has 16 heavy (non-hydrogen) atoms. The number of nitrogens with two attached hydrogens (primary N) is 1. The molecule has 1 unspecified atom stereocenters. The van der Waals surface area contributed by atoms with Gasteiger partial charge < -0.3 is 21.1 Å². The van der Waals surface area contributed by atoms with Crippen LogP contribution in [0.3, 0.4) is 0 Å². The van der Waals surface area contributed by atoms with E-state index in [9.17, 15) is 13.0 Å². The van der Waals surface area contributed by atoms with Gasteiger partial charge in [0.05, 0.1) is 0 Å². The minimum absolute atomic E-state index is 0. The van der Waals surface area contributed by atoms with Crippen LogP contribution in [0.25, 0.3) is 0 Å². The first kappa shape index (κ1) is 19.6. The van der Waals surface area contributed by atoms with Crippen LogP contribution in [0.4, 0.5) is 5.69 Å². The van der Waals surface area contributed by atoms with Crippen molar-refractivity contribution in [2.45, 2.75) is 12.2 Å². The summed E-state index contributed by atoms with van der Waals surface area (Å²) in [5, 5.41) is -0.321. The van der Waals surface area contributed by atoms with Gasteiger partial charge in [-0.15, -0.1) is 0 Å². The van der Waals surface area contributed by atoms with Gasteiger partial charge in [-0.3, -0.25) is 8.42 Å². The van der Waals surface area contributed by atoms with Crippen molar-refractivity contribution in [2.24, 2.45) is 0 Å². The first-order valence-electron chi connectivity index (χ1n) is 3.92. The molecule has 1 atom stereocenters. The van der Waals surface area contributed by atoms with Crippen LogP contribution in [-0.2, 0) is 19.9 Å². The Morgan fingerprint density at radius 2 is 1.69 bits per heavy atom. The summed E-state index contributed by atoms with van der Waals surface area (Å²) in [5.74, 6) is 0. The molecule has 0 aromatic heterocycles. The van der Waals surface area contributed by atoms with Crippen LogP contribution in [0, 0.1) is 0 Å². The normalized spacial score (nSPS) is 12.4. The molecule has 1 rings (SSSR count). The molecule has 0 amide bonds. The first-order chi connectivity index (χ1) is 6.38. The maximum Gasteiger partial charge on any atom is 1.00 e. The second kappa shape index (κ2) is 8.39. The van der Waals surface area contributed by atoms with E-state index in [1.165, 1.54) is 0 Å². The minimum Gasteiger partial charge on any atom is -0.766 e. The van der Waals surface area contributed by atoms with Crippen LogP contribution in [0.1, 0.15) is 17.7 Å². The molecule has 0 radical (unpaired) electrons. The fraction of sp³-hybridized carbons (Fsp3) is 0.250. The maximum absolute atomic E-state index is 10.5. The number of anilines is 1. The van der Waals surface area contributed by atoms with Crippen molar-refractivity contribution < 1.29 is 72.1 Å². The molecule has 1 aromatic rings. The van der Waals surface area contributed by atoms with Gasteiger partial charge in [-0.25, -0.2) is 0 Å². The molecule has 0 saturated heterocycles. The molecular formula is C8H11NNa2O3S2. The molecule has 1 aromatic carbocycles.